The SMILES string of the molecule is CCOC(=O)[C@@H]1[C@@H](CC=O)[C@@H](C(=O)c2cccc(-c3ccccc3)c2)CN1C(=O)OCc1ccccc1. The van der Waals surface area contributed by atoms with E-state index >= 15 is 0 Å². The molecular formula is C30H29NO6. The number of ether oxygens (including phenoxy) is 2. The molecule has 0 spiro atoms. The van der Waals surface area contributed by atoms with Crippen molar-refractivity contribution in [3.05, 3.63) is 96.1 Å². The second-order valence-electron chi connectivity index (χ2n) is 8.87. The smallest absolute Gasteiger partial charge is 0.410 e. The molecule has 1 aliphatic rings. The molecule has 0 saturated carbocycles. The first-order chi connectivity index (χ1) is 18.0. The van der Waals surface area contributed by atoms with Gasteiger partial charge in [-0.2, -0.15) is 0 Å². The number of nitrogens with zero attached hydrogens (tertiary/aromatic N) is 1. The molecule has 4 rings (SSSR count). The molecule has 0 aliphatic carbocycles. The van der Waals surface area contributed by atoms with E-state index in [1.165, 1.54) is 4.90 Å². The zero-order valence-corrected chi connectivity index (χ0v) is 20.6. The number of amides is 1. The number of carbonyl (C=O) groups is 4. The number of ketones is 1. The summed E-state index contributed by atoms with van der Waals surface area (Å²) >= 11 is 0. The van der Waals surface area contributed by atoms with Gasteiger partial charge in [0.15, 0.2) is 5.78 Å². The van der Waals surface area contributed by atoms with Crippen molar-refractivity contribution in [3.8, 4) is 11.1 Å². The predicted octanol–water partition coefficient (Wildman–Crippen LogP) is 4.94. The highest BCUT2D eigenvalue weighted by atomic mass is 16.6. The number of rotatable bonds is 9. The fourth-order valence-corrected chi connectivity index (χ4v) is 4.81. The van der Waals surface area contributed by atoms with Gasteiger partial charge in [-0.3, -0.25) is 9.69 Å². The minimum absolute atomic E-state index is 0.0157. The molecule has 1 amide bonds. The quantitative estimate of drug-likeness (QED) is 0.235. The molecule has 0 radical (unpaired) electrons. The van der Waals surface area contributed by atoms with E-state index in [0.717, 1.165) is 16.7 Å². The van der Waals surface area contributed by atoms with Crippen molar-refractivity contribution in [2.75, 3.05) is 13.2 Å². The van der Waals surface area contributed by atoms with E-state index in [1.807, 2.05) is 66.7 Å². The molecular weight excluding hydrogens is 470 g/mol. The Labute approximate surface area is 216 Å². The first-order valence-corrected chi connectivity index (χ1v) is 12.3. The summed E-state index contributed by atoms with van der Waals surface area (Å²) in [5.74, 6) is -2.39. The Balaban J connectivity index is 1.62. The van der Waals surface area contributed by atoms with E-state index in [9.17, 15) is 19.2 Å². The van der Waals surface area contributed by atoms with E-state index < -0.39 is 29.9 Å². The van der Waals surface area contributed by atoms with Crippen LogP contribution in [0.4, 0.5) is 4.79 Å². The highest BCUT2D eigenvalue weighted by molar-refractivity contribution is 6.01. The number of carbonyl (C=O) groups excluding carboxylic acids is 4. The number of hydrogen-bond donors (Lipinski definition) is 0. The van der Waals surface area contributed by atoms with Gasteiger partial charge in [0, 0.05) is 30.4 Å². The molecule has 3 atom stereocenters. The third kappa shape index (κ3) is 5.94. The summed E-state index contributed by atoms with van der Waals surface area (Å²) < 4.78 is 10.7. The van der Waals surface area contributed by atoms with Crippen LogP contribution in [0.3, 0.4) is 0 Å². The standard InChI is InChI=1S/C30H29NO6/c1-2-36-29(34)27-25(16-17-32)26(19-31(27)30(35)37-20-21-10-5-3-6-11-21)28(33)24-15-9-14-23(18-24)22-12-7-4-8-13-22/h3-15,17-18,25-27H,2,16,19-20H2,1H3/t25-,26-,27-/m0/s1. The summed E-state index contributed by atoms with van der Waals surface area (Å²) in [7, 11) is 0. The molecule has 3 aromatic carbocycles. The van der Waals surface area contributed by atoms with Crippen LogP contribution in [-0.4, -0.2) is 48.2 Å². The minimum Gasteiger partial charge on any atom is -0.464 e. The topological polar surface area (TPSA) is 90.0 Å². The second-order valence-corrected chi connectivity index (χ2v) is 8.87. The Hall–Kier alpha value is -4.26. The maximum absolute atomic E-state index is 13.7. The van der Waals surface area contributed by atoms with Crippen LogP contribution in [-0.2, 0) is 25.7 Å². The lowest BCUT2D eigenvalue weighted by molar-refractivity contribution is -0.149. The van der Waals surface area contributed by atoms with Gasteiger partial charge in [0.05, 0.1) is 6.61 Å². The molecule has 1 fully saturated rings. The summed E-state index contributed by atoms with van der Waals surface area (Å²) in [5, 5.41) is 0. The fraction of sp³-hybridized carbons (Fsp3) is 0.267. The molecule has 1 heterocycles. The van der Waals surface area contributed by atoms with Crippen LogP contribution in [0.5, 0.6) is 0 Å². The molecule has 1 aliphatic heterocycles. The highest BCUT2D eigenvalue weighted by Gasteiger charge is 2.51. The van der Waals surface area contributed by atoms with Crippen LogP contribution in [0, 0.1) is 11.8 Å². The molecule has 190 valence electrons. The Bertz CT molecular complexity index is 1240. The van der Waals surface area contributed by atoms with E-state index in [1.54, 1.807) is 25.1 Å². The number of likely N-dealkylation sites (tertiary alicyclic amines) is 1. The van der Waals surface area contributed by atoms with Gasteiger partial charge < -0.3 is 14.3 Å². The first kappa shape index (κ1) is 25.8. The van der Waals surface area contributed by atoms with Crippen LogP contribution < -0.4 is 0 Å². The molecule has 3 aromatic rings. The monoisotopic (exact) mass is 499 g/mol. The number of hydrogen-bond acceptors (Lipinski definition) is 6. The van der Waals surface area contributed by atoms with Gasteiger partial charge in [-0.15, -0.1) is 0 Å². The van der Waals surface area contributed by atoms with Gasteiger partial charge in [0.1, 0.15) is 18.9 Å². The van der Waals surface area contributed by atoms with Crippen molar-refractivity contribution in [2.45, 2.75) is 26.0 Å². The van der Waals surface area contributed by atoms with Gasteiger partial charge >= 0.3 is 12.1 Å². The average Bonchev–Trinajstić information content (AvgIpc) is 3.32. The van der Waals surface area contributed by atoms with Gasteiger partial charge in [-0.05, 0) is 29.7 Å². The minimum atomic E-state index is -1.10. The average molecular weight is 500 g/mol. The molecule has 1 saturated heterocycles. The summed E-state index contributed by atoms with van der Waals surface area (Å²) in [6, 6.07) is 25.0. The van der Waals surface area contributed by atoms with Crippen LogP contribution >= 0.6 is 0 Å². The molecule has 0 bridgehead atoms. The zero-order chi connectivity index (χ0) is 26.2. The highest BCUT2D eigenvalue weighted by Crippen LogP contribution is 2.36. The first-order valence-electron chi connectivity index (χ1n) is 12.3. The number of Topliss-reactive ketones (excluding diaryl/α,β-unsaturated/α-hetero) is 1. The molecule has 7 nitrogen and oxygen atoms in total. The van der Waals surface area contributed by atoms with E-state index in [0.29, 0.717) is 11.8 Å². The Kier molecular flexibility index (Phi) is 8.46. The lowest BCUT2D eigenvalue weighted by Crippen LogP contribution is -2.44. The van der Waals surface area contributed by atoms with Gasteiger partial charge in [-0.1, -0.05) is 78.9 Å². The summed E-state index contributed by atoms with van der Waals surface area (Å²) in [4.78, 5) is 52.7. The van der Waals surface area contributed by atoms with Crippen LogP contribution in [0.25, 0.3) is 11.1 Å². The van der Waals surface area contributed by atoms with Crippen molar-refractivity contribution in [1.82, 2.24) is 4.90 Å². The molecule has 7 heteroatoms. The molecule has 37 heavy (non-hydrogen) atoms. The van der Waals surface area contributed by atoms with Crippen molar-refractivity contribution < 1.29 is 28.7 Å². The van der Waals surface area contributed by atoms with Crippen LogP contribution in [0.2, 0.25) is 0 Å². The third-order valence-corrected chi connectivity index (χ3v) is 6.58. The van der Waals surface area contributed by atoms with Crippen molar-refractivity contribution >= 4 is 24.1 Å². The lowest BCUT2D eigenvalue weighted by Gasteiger charge is -2.25. The van der Waals surface area contributed by atoms with Crippen molar-refractivity contribution in [1.29, 1.82) is 0 Å². The Morgan fingerprint density at radius 2 is 1.57 bits per heavy atom. The zero-order valence-electron chi connectivity index (χ0n) is 20.6. The largest absolute Gasteiger partial charge is 0.464 e. The fourth-order valence-electron chi connectivity index (χ4n) is 4.81. The van der Waals surface area contributed by atoms with E-state index in [2.05, 4.69) is 0 Å². The second kappa shape index (κ2) is 12.1. The van der Waals surface area contributed by atoms with Gasteiger partial charge in [0.25, 0.3) is 0 Å². The number of esters is 1. The number of aldehydes is 1. The van der Waals surface area contributed by atoms with Gasteiger partial charge in [0.2, 0.25) is 0 Å². The summed E-state index contributed by atoms with van der Waals surface area (Å²) in [5.41, 5.74) is 3.07. The summed E-state index contributed by atoms with van der Waals surface area (Å²) in [6.07, 6.45) is -0.122. The third-order valence-electron chi connectivity index (χ3n) is 6.58. The van der Waals surface area contributed by atoms with Crippen LogP contribution in [0.15, 0.2) is 84.9 Å². The molecule has 0 N–H and O–H groups in total. The normalized spacial score (nSPS) is 18.7. The predicted molar refractivity (Wildman–Crippen MR) is 138 cm³/mol. The van der Waals surface area contributed by atoms with Crippen LogP contribution in [0.1, 0.15) is 29.3 Å². The number of benzene rings is 3. The van der Waals surface area contributed by atoms with E-state index in [-0.39, 0.29) is 32.0 Å². The Morgan fingerprint density at radius 3 is 2.24 bits per heavy atom. The van der Waals surface area contributed by atoms with Crippen molar-refractivity contribution in [2.24, 2.45) is 11.8 Å². The van der Waals surface area contributed by atoms with Gasteiger partial charge in [-0.25, -0.2) is 9.59 Å². The molecule has 0 unspecified atom stereocenters. The molecule has 0 aromatic heterocycles. The van der Waals surface area contributed by atoms with E-state index in [4.69, 9.17) is 9.47 Å². The maximum atomic E-state index is 13.7. The summed E-state index contributed by atoms with van der Waals surface area (Å²) in [6.45, 7) is 1.73. The Morgan fingerprint density at radius 1 is 0.892 bits per heavy atom. The maximum Gasteiger partial charge on any atom is 0.410 e. The lowest BCUT2D eigenvalue weighted by atomic mass is 9.82. The van der Waals surface area contributed by atoms with Crippen molar-refractivity contribution in [3.63, 3.8) is 0 Å².